The van der Waals surface area contributed by atoms with Crippen LogP contribution in [0.25, 0.3) is 0 Å². The molecular weight excluding hydrogens is 252 g/mol. The normalized spacial score (nSPS) is 13.8. The molecule has 0 heterocycles. The summed E-state index contributed by atoms with van der Waals surface area (Å²) in [7, 11) is 0. The summed E-state index contributed by atoms with van der Waals surface area (Å²) in [4.78, 5) is 11.9. The fourth-order valence-corrected chi connectivity index (χ4v) is 2.31. The molecule has 1 aromatic rings. The maximum Gasteiger partial charge on any atom is 0.220 e. The summed E-state index contributed by atoms with van der Waals surface area (Å²) in [5.41, 5.74) is 6.47. The summed E-state index contributed by atoms with van der Waals surface area (Å²) in [5.74, 6) is 0.802. The fraction of sp³-hybridized carbons (Fsp3) is 0.562. The Balaban J connectivity index is 2.42. The van der Waals surface area contributed by atoms with Crippen LogP contribution in [-0.2, 0) is 4.79 Å². The minimum Gasteiger partial charge on any atom is -0.508 e. The van der Waals surface area contributed by atoms with Gasteiger partial charge in [0.05, 0.1) is 6.04 Å². The molecule has 0 aliphatic heterocycles. The Morgan fingerprint density at radius 1 is 1.40 bits per heavy atom. The predicted octanol–water partition coefficient (Wildman–Crippen LogP) is 2.72. The summed E-state index contributed by atoms with van der Waals surface area (Å²) in [6.07, 6.45) is 3.45. The first kappa shape index (κ1) is 16.5. The van der Waals surface area contributed by atoms with Gasteiger partial charge >= 0.3 is 0 Å². The number of rotatable bonds is 8. The van der Waals surface area contributed by atoms with E-state index in [2.05, 4.69) is 12.2 Å². The fourth-order valence-electron chi connectivity index (χ4n) is 2.31. The monoisotopic (exact) mass is 278 g/mol. The van der Waals surface area contributed by atoms with Gasteiger partial charge in [0.15, 0.2) is 0 Å². The van der Waals surface area contributed by atoms with Gasteiger partial charge in [-0.1, -0.05) is 25.5 Å². The lowest BCUT2D eigenvalue weighted by molar-refractivity contribution is -0.122. The lowest BCUT2D eigenvalue weighted by atomic mass is 9.96. The molecule has 2 unspecified atom stereocenters. The molecule has 4 nitrogen and oxygen atoms in total. The van der Waals surface area contributed by atoms with Crippen molar-refractivity contribution in [2.24, 2.45) is 11.7 Å². The van der Waals surface area contributed by atoms with E-state index in [1.807, 2.05) is 13.0 Å². The van der Waals surface area contributed by atoms with E-state index < -0.39 is 0 Å². The smallest absolute Gasteiger partial charge is 0.220 e. The third kappa shape index (κ3) is 5.61. The molecule has 0 bridgehead atoms. The first-order valence-electron chi connectivity index (χ1n) is 7.35. The molecule has 0 saturated heterocycles. The predicted molar refractivity (Wildman–Crippen MR) is 81.4 cm³/mol. The number of hydrogen-bond acceptors (Lipinski definition) is 3. The second-order valence-electron chi connectivity index (χ2n) is 5.27. The molecule has 0 aliphatic carbocycles. The molecule has 20 heavy (non-hydrogen) atoms. The SMILES string of the molecule is CCC(CCN)CCC(=O)NC(C)c1cccc(O)c1. The number of amides is 1. The van der Waals surface area contributed by atoms with Gasteiger partial charge in [-0.15, -0.1) is 0 Å². The quantitative estimate of drug-likeness (QED) is 0.684. The highest BCUT2D eigenvalue weighted by molar-refractivity contribution is 5.76. The average molecular weight is 278 g/mol. The molecule has 112 valence electrons. The molecule has 0 fully saturated rings. The van der Waals surface area contributed by atoms with E-state index in [-0.39, 0.29) is 17.7 Å². The topological polar surface area (TPSA) is 75.4 Å². The average Bonchev–Trinajstić information content (AvgIpc) is 2.43. The highest BCUT2D eigenvalue weighted by Crippen LogP contribution is 2.19. The van der Waals surface area contributed by atoms with Crippen molar-refractivity contribution in [3.63, 3.8) is 0 Å². The lowest BCUT2D eigenvalue weighted by Crippen LogP contribution is -2.27. The molecule has 0 aliphatic rings. The van der Waals surface area contributed by atoms with Crippen LogP contribution in [-0.4, -0.2) is 17.6 Å². The Hall–Kier alpha value is -1.55. The van der Waals surface area contributed by atoms with Crippen molar-refractivity contribution < 1.29 is 9.90 Å². The highest BCUT2D eigenvalue weighted by Gasteiger charge is 2.12. The second kappa shape index (κ2) is 8.59. The zero-order valence-corrected chi connectivity index (χ0v) is 12.4. The first-order valence-corrected chi connectivity index (χ1v) is 7.35. The molecule has 1 rings (SSSR count). The number of carbonyl (C=O) groups is 1. The standard InChI is InChI=1S/C16H26N2O2/c1-3-13(9-10-17)7-8-16(20)18-12(2)14-5-4-6-15(19)11-14/h4-6,11-13,19H,3,7-10,17H2,1-2H3,(H,18,20). The Kier molecular flexibility index (Phi) is 7.09. The van der Waals surface area contributed by atoms with E-state index in [1.54, 1.807) is 18.2 Å². The largest absolute Gasteiger partial charge is 0.508 e. The van der Waals surface area contributed by atoms with Gasteiger partial charge in [0.2, 0.25) is 5.91 Å². The van der Waals surface area contributed by atoms with Crippen molar-refractivity contribution in [1.82, 2.24) is 5.32 Å². The van der Waals surface area contributed by atoms with Crippen LogP contribution in [0.2, 0.25) is 0 Å². The summed E-state index contributed by atoms with van der Waals surface area (Å²) >= 11 is 0. The number of hydrogen-bond donors (Lipinski definition) is 3. The van der Waals surface area contributed by atoms with Gasteiger partial charge in [0.25, 0.3) is 0 Å². The van der Waals surface area contributed by atoms with Crippen LogP contribution in [0.4, 0.5) is 0 Å². The third-order valence-corrected chi connectivity index (χ3v) is 3.68. The minimum atomic E-state index is -0.0933. The van der Waals surface area contributed by atoms with Gasteiger partial charge in [-0.05, 0) is 49.9 Å². The maximum absolute atomic E-state index is 11.9. The Labute approximate surface area is 121 Å². The Morgan fingerprint density at radius 2 is 2.15 bits per heavy atom. The van der Waals surface area contributed by atoms with Crippen LogP contribution in [0, 0.1) is 5.92 Å². The zero-order valence-electron chi connectivity index (χ0n) is 12.4. The second-order valence-corrected chi connectivity index (χ2v) is 5.27. The lowest BCUT2D eigenvalue weighted by Gasteiger charge is -2.17. The van der Waals surface area contributed by atoms with Crippen LogP contribution in [0.1, 0.15) is 51.1 Å². The molecule has 0 radical (unpaired) electrons. The Bertz CT molecular complexity index is 421. The Morgan fingerprint density at radius 3 is 2.75 bits per heavy atom. The van der Waals surface area contributed by atoms with E-state index in [1.165, 1.54) is 0 Å². The van der Waals surface area contributed by atoms with Gasteiger partial charge in [-0.25, -0.2) is 0 Å². The number of phenols is 1. The highest BCUT2D eigenvalue weighted by atomic mass is 16.3. The van der Waals surface area contributed by atoms with Crippen molar-refractivity contribution >= 4 is 5.91 Å². The maximum atomic E-state index is 11.9. The van der Waals surface area contributed by atoms with Gasteiger partial charge in [-0.3, -0.25) is 4.79 Å². The van der Waals surface area contributed by atoms with E-state index in [0.717, 1.165) is 24.8 Å². The van der Waals surface area contributed by atoms with Gasteiger partial charge in [0.1, 0.15) is 5.75 Å². The molecule has 0 saturated carbocycles. The molecule has 0 aromatic heterocycles. The first-order chi connectivity index (χ1) is 9.56. The van der Waals surface area contributed by atoms with Gasteiger partial charge < -0.3 is 16.2 Å². The molecule has 0 spiro atoms. The number of nitrogens with two attached hydrogens (primary N) is 1. The summed E-state index contributed by atoms with van der Waals surface area (Å²) in [6.45, 7) is 4.73. The molecular formula is C16H26N2O2. The van der Waals surface area contributed by atoms with Crippen molar-refractivity contribution in [3.05, 3.63) is 29.8 Å². The van der Waals surface area contributed by atoms with Crippen LogP contribution in [0.5, 0.6) is 5.75 Å². The van der Waals surface area contributed by atoms with Crippen LogP contribution in [0.3, 0.4) is 0 Å². The number of nitrogens with one attached hydrogen (secondary N) is 1. The molecule has 4 heteroatoms. The van der Waals surface area contributed by atoms with E-state index >= 15 is 0 Å². The summed E-state index contributed by atoms with van der Waals surface area (Å²) in [5, 5.41) is 12.4. The van der Waals surface area contributed by atoms with Crippen LogP contribution >= 0.6 is 0 Å². The number of carbonyl (C=O) groups excluding carboxylic acids is 1. The summed E-state index contributed by atoms with van der Waals surface area (Å²) in [6, 6.07) is 6.88. The number of benzene rings is 1. The molecule has 4 N–H and O–H groups in total. The molecule has 2 atom stereocenters. The van der Waals surface area contributed by atoms with Crippen molar-refractivity contribution in [2.75, 3.05) is 6.54 Å². The van der Waals surface area contributed by atoms with Crippen LogP contribution in [0.15, 0.2) is 24.3 Å². The minimum absolute atomic E-state index is 0.0521. The van der Waals surface area contributed by atoms with Crippen LogP contribution < -0.4 is 11.1 Å². The third-order valence-electron chi connectivity index (χ3n) is 3.68. The van der Waals surface area contributed by atoms with E-state index in [9.17, 15) is 9.90 Å². The molecule has 1 amide bonds. The molecule has 1 aromatic carbocycles. The summed E-state index contributed by atoms with van der Waals surface area (Å²) < 4.78 is 0. The van der Waals surface area contributed by atoms with Gasteiger partial charge in [-0.2, -0.15) is 0 Å². The van der Waals surface area contributed by atoms with E-state index in [4.69, 9.17) is 5.73 Å². The number of aromatic hydroxyl groups is 1. The zero-order chi connectivity index (χ0) is 15.0. The number of phenolic OH excluding ortho intramolecular Hbond substituents is 1. The van der Waals surface area contributed by atoms with E-state index in [0.29, 0.717) is 18.9 Å². The van der Waals surface area contributed by atoms with Crippen molar-refractivity contribution in [3.8, 4) is 5.75 Å². The van der Waals surface area contributed by atoms with Crippen molar-refractivity contribution in [1.29, 1.82) is 0 Å². The van der Waals surface area contributed by atoms with Gasteiger partial charge in [0, 0.05) is 6.42 Å². The van der Waals surface area contributed by atoms with Crippen molar-refractivity contribution in [2.45, 2.75) is 45.6 Å².